The van der Waals surface area contributed by atoms with Crippen molar-refractivity contribution in [3.63, 3.8) is 0 Å². The van der Waals surface area contributed by atoms with Crippen molar-refractivity contribution >= 4 is 5.91 Å². The zero-order valence-corrected chi connectivity index (χ0v) is 14.7. The molecule has 26 heavy (non-hydrogen) atoms. The maximum atomic E-state index is 12.5. The first-order valence-corrected chi connectivity index (χ1v) is 9.09. The molecule has 0 radical (unpaired) electrons. The normalized spacial score (nSPS) is 21.8. The summed E-state index contributed by atoms with van der Waals surface area (Å²) < 4.78 is 12.1. The highest BCUT2D eigenvalue weighted by molar-refractivity contribution is 5.92. The molecule has 6 nitrogen and oxygen atoms in total. The van der Waals surface area contributed by atoms with Crippen LogP contribution in [0, 0.1) is 0 Å². The third-order valence-corrected chi connectivity index (χ3v) is 5.23. The molecule has 4 heterocycles. The van der Waals surface area contributed by atoms with Crippen LogP contribution in [-0.4, -0.2) is 52.2 Å². The summed E-state index contributed by atoms with van der Waals surface area (Å²) in [6.45, 7) is 2.58. The lowest BCUT2D eigenvalue weighted by Gasteiger charge is -2.38. The van der Waals surface area contributed by atoms with Crippen molar-refractivity contribution < 1.29 is 14.3 Å². The molecular formula is C20H23N3O3. The molecule has 1 spiro atoms. The average Bonchev–Trinajstić information content (AvgIpc) is 3.10. The van der Waals surface area contributed by atoms with Crippen LogP contribution in [0.25, 0.3) is 0 Å². The molecule has 2 aromatic rings. The number of amides is 1. The van der Waals surface area contributed by atoms with Crippen LogP contribution in [0.2, 0.25) is 0 Å². The van der Waals surface area contributed by atoms with Gasteiger partial charge in [0.2, 0.25) is 0 Å². The quantitative estimate of drug-likeness (QED) is 0.845. The van der Waals surface area contributed by atoms with Gasteiger partial charge in [0.25, 0.3) is 5.91 Å². The molecule has 0 bridgehead atoms. The highest BCUT2D eigenvalue weighted by Crippen LogP contribution is 2.37. The standard InChI is InChI=1S/C20H23N3O3/c24-19(18-5-1-2-9-22-18)23-10-6-20(7-11-23)12-17(15-26-20)25-14-16-4-3-8-21-13-16/h1-5,8-9,13,17H,6-7,10-12,14-15H2. The van der Waals surface area contributed by atoms with Gasteiger partial charge in [-0.25, -0.2) is 0 Å². The fourth-order valence-electron chi connectivity index (χ4n) is 3.72. The van der Waals surface area contributed by atoms with E-state index in [9.17, 15) is 4.79 Å². The van der Waals surface area contributed by atoms with Crippen LogP contribution in [0.15, 0.2) is 48.9 Å². The molecule has 1 amide bonds. The predicted octanol–water partition coefficient (Wildman–Crippen LogP) is 2.46. The SMILES string of the molecule is O=C(c1ccccn1)N1CCC2(CC1)CC(OCc1cccnc1)CO2. The summed E-state index contributed by atoms with van der Waals surface area (Å²) in [5.41, 5.74) is 1.43. The maximum absolute atomic E-state index is 12.5. The summed E-state index contributed by atoms with van der Waals surface area (Å²) in [7, 11) is 0. The number of aromatic nitrogens is 2. The van der Waals surface area contributed by atoms with Gasteiger partial charge in [-0.05, 0) is 36.6 Å². The Bertz CT molecular complexity index is 730. The van der Waals surface area contributed by atoms with Crippen LogP contribution in [0.4, 0.5) is 0 Å². The predicted molar refractivity (Wildman–Crippen MR) is 95.5 cm³/mol. The molecule has 0 N–H and O–H groups in total. The Hall–Kier alpha value is -2.31. The van der Waals surface area contributed by atoms with Crippen molar-refractivity contribution in [2.75, 3.05) is 19.7 Å². The first kappa shape index (κ1) is 17.1. The van der Waals surface area contributed by atoms with Crippen molar-refractivity contribution in [1.82, 2.24) is 14.9 Å². The molecule has 136 valence electrons. The Kier molecular flexibility index (Phi) is 4.95. The van der Waals surface area contributed by atoms with Gasteiger partial charge in [0, 0.05) is 38.1 Å². The Morgan fingerprint density at radius 1 is 1.23 bits per heavy atom. The van der Waals surface area contributed by atoms with Crippen molar-refractivity contribution in [3.05, 3.63) is 60.2 Å². The van der Waals surface area contributed by atoms with Gasteiger partial charge >= 0.3 is 0 Å². The second kappa shape index (κ2) is 7.51. The summed E-state index contributed by atoms with van der Waals surface area (Å²) in [4.78, 5) is 22.7. The van der Waals surface area contributed by atoms with Gasteiger partial charge in [-0.2, -0.15) is 0 Å². The maximum Gasteiger partial charge on any atom is 0.272 e. The van der Waals surface area contributed by atoms with E-state index >= 15 is 0 Å². The number of carbonyl (C=O) groups excluding carboxylic acids is 1. The number of piperidine rings is 1. The molecule has 0 saturated carbocycles. The first-order chi connectivity index (χ1) is 12.7. The summed E-state index contributed by atoms with van der Waals surface area (Å²) in [5.74, 6) is 0.00262. The molecule has 2 fully saturated rings. The van der Waals surface area contributed by atoms with E-state index in [1.165, 1.54) is 0 Å². The highest BCUT2D eigenvalue weighted by atomic mass is 16.6. The minimum atomic E-state index is -0.152. The third kappa shape index (κ3) is 3.76. The van der Waals surface area contributed by atoms with Gasteiger partial charge < -0.3 is 14.4 Å². The van der Waals surface area contributed by atoms with Crippen LogP contribution in [0.3, 0.4) is 0 Å². The van der Waals surface area contributed by atoms with Gasteiger partial charge in [0.1, 0.15) is 5.69 Å². The highest BCUT2D eigenvalue weighted by Gasteiger charge is 2.44. The van der Waals surface area contributed by atoms with Crippen LogP contribution in [-0.2, 0) is 16.1 Å². The lowest BCUT2D eigenvalue weighted by molar-refractivity contribution is -0.0413. The van der Waals surface area contributed by atoms with Gasteiger partial charge in [0.05, 0.1) is 24.9 Å². The van der Waals surface area contributed by atoms with E-state index in [2.05, 4.69) is 9.97 Å². The second-order valence-electron chi connectivity index (χ2n) is 7.00. The molecule has 0 aliphatic carbocycles. The van der Waals surface area contributed by atoms with E-state index < -0.39 is 0 Å². The zero-order chi connectivity index (χ0) is 17.8. The Morgan fingerprint density at radius 3 is 2.85 bits per heavy atom. The van der Waals surface area contributed by atoms with E-state index in [0.29, 0.717) is 32.0 Å². The van der Waals surface area contributed by atoms with Gasteiger partial charge in [-0.15, -0.1) is 0 Å². The Balaban J connectivity index is 1.28. The number of rotatable bonds is 4. The number of ether oxygens (including phenoxy) is 2. The lowest BCUT2D eigenvalue weighted by Crippen LogP contribution is -2.46. The van der Waals surface area contributed by atoms with Crippen molar-refractivity contribution in [1.29, 1.82) is 0 Å². The van der Waals surface area contributed by atoms with Crippen LogP contribution in [0.1, 0.15) is 35.3 Å². The smallest absolute Gasteiger partial charge is 0.272 e. The molecule has 4 rings (SSSR count). The topological polar surface area (TPSA) is 64.6 Å². The van der Waals surface area contributed by atoms with E-state index in [4.69, 9.17) is 9.47 Å². The molecule has 2 aliphatic rings. The molecular weight excluding hydrogens is 330 g/mol. The first-order valence-electron chi connectivity index (χ1n) is 9.09. The molecule has 2 saturated heterocycles. The van der Waals surface area contributed by atoms with E-state index in [1.807, 2.05) is 35.4 Å². The van der Waals surface area contributed by atoms with E-state index in [0.717, 1.165) is 24.8 Å². The minimum Gasteiger partial charge on any atom is -0.372 e. The summed E-state index contributed by atoms with van der Waals surface area (Å²) >= 11 is 0. The molecule has 2 aromatic heterocycles. The van der Waals surface area contributed by atoms with Gasteiger partial charge in [-0.1, -0.05) is 12.1 Å². The van der Waals surface area contributed by atoms with Crippen molar-refractivity contribution in [2.24, 2.45) is 0 Å². The second-order valence-corrected chi connectivity index (χ2v) is 7.00. The van der Waals surface area contributed by atoms with Crippen LogP contribution >= 0.6 is 0 Å². The number of hydrogen-bond donors (Lipinski definition) is 0. The third-order valence-electron chi connectivity index (χ3n) is 5.23. The van der Waals surface area contributed by atoms with Crippen LogP contribution in [0.5, 0.6) is 0 Å². The number of likely N-dealkylation sites (tertiary alicyclic amines) is 1. The minimum absolute atomic E-state index is 0.00262. The molecule has 6 heteroatoms. The summed E-state index contributed by atoms with van der Waals surface area (Å²) in [6, 6.07) is 9.36. The summed E-state index contributed by atoms with van der Waals surface area (Å²) in [5, 5.41) is 0. The molecule has 0 aromatic carbocycles. The van der Waals surface area contributed by atoms with Gasteiger partial charge in [-0.3, -0.25) is 14.8 Å². The number of pyridine rings is 2. The largest absolute Gasteiger partial charge is 0.372 e. The fourth-order valence-corrected chi connectivity index (χ4v) is 3.72. The van der Waals surface area contributed by atoms with E-state index in [1.54, 1.807) is 18.5 Å². The van der Waals surface area contributed by atoms with Crippen molar-refractivity contribution in [3.8, 4) is 0 Å². The lowest BCUT2D eigenvalue weighted by atomic mass is 9.88. The zero-order valence-electron chi connectivity index (χ0n) is 14.7. The number of carbonyl (C=O) groups is 1. The Labute approximate surface area is 153 Å². The number of hydrogen-bond acceptors (Lipinski definition) is 5. The molecule has 1 unspecified atom stereocenters. The molecule has 1 atom stereocenters. The fraction of sp³-hybridized carbons (Fsp3) is 0.450. The van der Waals surface area contributed by atoms with E-state index in [-0.39, 0.29) is 17.6 Å². The Morgan fingerprint density at radius 2 is 2.12 bits per heavy atom. The van der Waals surface area contributed by atoms with Crippen LogP contribution < -0.4 is 0 Å². The molecule has 2 aliphatic heterocycles. The van der Waals surface area contributed by atoms with Gasteiger partial charge in [0.15, 0.2) is 0 Å². The van der Waals surface area contributed by atoms with Crippen molar-refractivity contribution in [2.45, 2.75) is 37.6 Å². The monoisotopic (exact) mass is 353 g/mol. The summed E-state index contributed by atoms with van der Waals surface area (Å²) in [6.07, 6.45) is 7.93. The average molecular weight is 353 g/mol. The number of nitrogens with zero attached hydrogens (tertiary/aromatic N) is 3.